The minimum atomic E-state index is -3.56. The molecule has 0 saturated heterocycles. The lowest BCUT2D eigenvalue weighted by molar-refractivity contribution is 0.100. The van der Waals surface area contributed by atoms with E-state index in [0.29, 0.717) is 12.8 Å². The molecule has 0 spiro atoms. The second kappa shape index (κ2) is 4.19. The number of hydrogen-bond acceptors (Lipinski definition) is 4. The molecule has 0 unspecified atom stereocenters. The molecule has 0 aliphatic heterocycles. The molecule has 1 aliphatic carbocycles. The summed E-state index contributed by atoms with van der Waals surface area (Å²) in [6, 6.07) is 3.38. The van der Waals surface area contributed by atoms with Crippen LogP contribution in [-0.2, 0) is 9.84 Å². The number of rotatable bonds is 4. The zero-order valence-electron chi connectivity index (χ0n) is 9.02. The van der Waals surface area contributed by atoms with Crippen molar-refractivity contribution in [3.8, 4) is 0 Å². The van der Waals surface area contributed by atoms with E-state index in [1.807, 2.05) is 0 Å². The summed E-state index contributed by atoms with van der Waals surface area (Å²) in [6.45, 7) is -0.228. The SMILES string of the molecule is NCC(=O)c1ccc(S(=O)(=O)C2CC2)c(F)c1. The predicted molar refractivity (Wildman–Crippen MR) is 60.0 cm³/mol. The Hall–Kier alpha value is -1.27. The molecule has 1 saturated carbocycles. The summed E-state index contributed by atoms with van der Waals surface area (Å²) in [7, 11) is -3.56. The molecule has 0 heterocycles. The van der Waals surface area contributed by atoms with Gasteiger partial charge < -0.3 is 5.73 Å². The monoisotopic (exact) mass is 257 g/mol. The van der Waals surface area contributed by atoms with Crippen LogP contribution in [0.5, 0.6) is 0 Å². The fourth-order valence-electron chi connectivity index (χ4n) is 1.58. The van der Waals surface area contributed by atoms with E-state index < -0.39 is 26.7 Å². The van der Waals surface area contributed by atoms with Gasteiger partial charge >= 0.3 is 0 Å². The Bertz CT molecular complexity index is 564. The number of nitrogens with two attached hydrogens (primary N) is 1. The van der Waals surface area contributed by atoms with Gasteiger partial charge in [0, 0.05) is 5.56 Å². The zero-order valence-corrected chi connectivity index (χ0v) is 9.84. The van der Waals surface area contributed by atoms with Gasteiger partial charge in [-0.05, 0) is 31.0 Å². The molecule has 0 bridgehead atoms. The lowest BCUT2D eigenvalue weighted by atomic mass is 10.1. The average Bonchev–Trinajstić information content (AvgIpc) is 3.11. The molecule has 1 fully saturated rings. The second-order valence-electron chi connectivity index (χ2n) is 4.02. The largest absolute Gasteiger partial charge is 0.324 e. The highest BCUT2D eigenvalue weighted by atomic mass is 32.2. The number of sulfone groups is 1. The van der Waals surface area contributed by atoms with E-state index in [1.54, 1.807) is 0 Å². The summed E-state index contributed by atoms with van der Waals surface area (Å²) in [4.78, 5) is 10.9. The fraction of sp³-hybridized carbons (Fsp3) is 0.364. The van der Waals surface area contributed by atoms with Gasteiger partial charge in [0.15, 0.2) is 15.6 Å². The van der Waals surface area contributed by atoms with E-state index >= 15 is 0 Å². The Balaban J connectivity index is 2.42. The first-order valence-corrected chi connectivity index (χ1v) is 6.78. The van der Waals surface area contributed by atoms with Crippen molar-refractivity contribution in [3.05, 3.63) is 29.6 Å². The van der Waals surface area contributed by atoms with Gasteiger partial charge in [-0.2, -0.15) is 0 Å². The van der Waals surface area contributed by atoms with E-state index in [4.69, 9.17) is 5.73 Å². The average molecular weight is 257 g/mol. The van der Waals surface area contributed by atoms with Gasteiger partial charge in [-0.15, -0.1) is 0 Å². The van der Waals surface area contributed by atoms with E-state index in [-0.39, 0.29) is 17.0 Å². The number of carbonyl (C=O) groups excluding carboxylic acids is 1. The highest BCUT2D eigenvalue weighted by Crippen LogP contribution is 2.34. The Morgan fingerprint density at radius 1 is 1.41 bits per heavy atom. The maximum atomic E-state index is 13.7. The highest BCUT2D eigenvalue weighted by Gasteiger charge is 2.38. The van der Waals surface area contributed by atoms with Crippen LogP contribution in [0.15, 0.2) is 23.1 Å². The summed E-state index contributed by atoms with van der Waals surface area (Å²) in [6.07, 6.45) is 1.15. The third kappa shape index (κ3) is 2.23. The van der Waals surface area contributed by atoms with Gasteiger partial charge in [0.05, 0.1) is 11.8 Å². The first-order chi connectivity index (χ1) is 7.96. The summed E-state index contributed by atoms with van der Waals surface area (Å²) in [5.74, 6) is -1.30. The number of benzene rings is 1. The van der Waals surface area contributed by atoms with Gasteiger partial charge in [-0.25, -0.2) is 12.8 Å². The smallest absolute Gasteiger partial charge is 0.184 e. The maximum absolute atomic E-state index is 13.7. The van der Waals surface area contributed by atoms with Crippen LogP contribution in [0.3, 0.4) is 0 Å². The summed E-state index contributed by atoms with van der Waals surface area (Å²) >= 11 is 0. The first kappa shape index (κ1) is 12.2. The normalized spacial score (nSPS) is 15.9. The predicted octanol–water partition coefficient (Wildman–Crippen LogP) is 0.903. The summed E-state index contributed by atoms with van der Waals surface area (Å²) in [5.41, 5.74) is 5.24. The van der Waals surface area contributed by atoms with Gasteiger partial charge in [-0.3, -0.25) is 4.79 Å². The maximum Gasteiger partial charge on any atom is 0.184 e. The van der Waals surface area contributed by atoms with Crippen molar-refractivity contribution in [2.75, 3.05) is 6.54 Å². The highest BCUT2D eigenvalue weighted by molar-refractivity contribution is 7.92. The van der Waals surface area contributed by atoms with Crippen LogP contribution in [0.2, 0.25) is 0 Å². The minimum absolute atomic E-state index is 0.0970. The van der Waals surface area contributed by atoms with Crippen molar-refractivity contribution in [1.29, 1.82) is 0 Å². The summed E-state index contributed by atoms with van der Waals surface area (Å²) < 4.78 is 37.3. The lowest BCUT2D eigenvalue weighted by Gasteiger charge is -2.05. The van der Waals surface area contributed by atoms with Crippen LogP contribution in [0.25, 0.3) is 0 Å². The van der Waals surface area contributed by atoms with E-state index in [0.717, 1.165) is 12.1 Å². The number of ketones is 1. The number of Topliss-reactive ketones (excluding diaryl/α,β-unsaturated/α-hetero) is 1. The van der Waals surface area contributed by atoms with Crippen LogP contribution in [-0.4, -0.2) is 26.0 Å². The fourth-order valence-corrected chi connectivity index (χ4v) is 3.29. The van der Waals surface area contributed by atoms with Gasteiger partial charge in [0.2, 0.25) is 0 Å². The van der Waals surface area contributed by atoms with Gasteiger partial charge in [0.25, 0.3) is 0 Å². The Morgan fingerprint density at radius 2 is 2.06 bits per heavy atom. The minimum Gasteiger partial charge on any atom is -0.324 e. The van der Waals surface area contributed by atoms with Crippen LogP contribution < -0.4 is 5.73 Å². The molecule has 4 nitrogen and oxygen atoms in total. The van der Waals surface area contributed by atoms with E-state index in [9.17, 15) is 17.6 Å². The molecule has 0 aromatic heterocycles. The Labute approximate surface area is 98.5 Å². The van der Waals surface area contributed by atoms with E-state index in [2.05, 4.69) is 0 Å². The molecule has 1 aliphatic rings. The molecule has 92 valence electrons. The van der Waals surface area contributed by atoms with Crippen molar-refractivity contribution in [3.63, 3.8) is 0 Å². The van der Waals surface area contributed by atoms with Gasteiger partial charge in [0.1, 0.15) is 10.7 Å². The molecule has 6 heteroatoms. The number of hydrogen-bond donors (Lipinski definition) is 1. The molecule has 1 aromatic carbocycles. The van der Waals surface area contributed by atoms with Crippen molar-refractivity contribution >= 4 is 15.6 Å². The first-order valence-electron chi connectivity index (χ1n) is 5.23. The third-order valence-corrected chi connectivity index (χ3v) is 5.00. The quantitative estimate of drug-likeness (QED) is 0.813. The summed E-state index contributed by atoms with van der Waals surface area (Å²) in [5, 5.41) is -0.465. The molecular weight excluding hydrogens is 245 g/mol. The van der Waals surface area contributed by atoms with Crippen molar-refractivity contribution in [2.45, 2.75) is 23.0 Å². The molecule has 0 radical (unpaired) electrons. The standard InChI is InChI=1S/C11H12FNO3S/c12-9-5-7(10(14)6-13)1-4-11(9)17(15,16)8-2-3-8/h1,4-5,8H,2-3,6,13H2. The zero-order chi connectivity index (χ0) is 12.6. The molecule has 2 rings (SSSR count). The Morgan fingerprint density at radius 3 is 2.53 bits per heavy atom. The Kier molecular flexibility index (Phi) is 3.01. The van der Waals surface area contributed by atoms with Crippen molar-refractivity contribution < 1.29 is 17.6 Å². The van der Waals surface area contributed by atoms with Crippen LogP contribution >= 0.6 is 0 Å². The van der Waals surface area contributed by atoms with E-state index in [1.165, 1.54) is 6.07 Å². The molecule has 0 atom stereocenters. The van der Waals surface area contributed by atoms with Crippen molar-refractivity contribution in [1.82, 2.24) is 0 Å². The van der Waals surface area contributed by atoms with Crippen LogP contribution in [0.1, 0.15) is 23.2 Å². The number of carbonyl (C=O) groups is 1. The molecule has 0 amide bonds. The van der Waals surface area contributed by atoms with Crippen LogP contribution in [0, 0.1) is 5.82 Å². The second-order valence-corrected chi connectivity index (χ2v) is 6.21. The topological polar surface area (TPSA) is 77.2 Å². The molecular formula is C11H12FNO3S. The van der Waals surface area contributed by atoms with Crippen LogP contribution in [0.4, 0.5) is 4.39 Å². The molecule has 1 aromatic rings. The molecule has 17 heavy (non-hydrogen) atoms. The third-order valence-electron chi connectivity index (χ3n) is 2.71. The van der Waals surface area contributed by atoms with Gasteiger partial charge in [-0.1, -0.05) is 0 Å². The number of halogens is 1. The lowest BCUT2D eigenvalue weighted by Crippen LogP contribution is -2.15. The molecule has 2 N–H and O–H groups in total. The van der Waals surface area contributed by atoms with Crippen molar-refractivity contribution in [2.24, 2.45) is 5.73 Å².